The van der Waals surface area contributed by atoms with E-state index in [0.717, 1.165) is 52.8 Å². The first-order chi connectivity index (χ1) is 15.7. The van der Waals surface area contributed by atoms with Crippen molar-refractivity contribution in [2.75, 3.05) is 13.2 Å². The van der Waals surface area contributed by atoms with Gasteiger partial charge in [0.05, 0.1) is 17.6 Å². The number of aromatic nitrogens is 3. The number of benzene rings is 1. The van der Waals surface area contributed by atoms with Crippen LogP contribution in [0.4, 0.5) is 0 Å². The normalized spacial score (nSPS) is 12.3. The minimum atomic E-state index is -0.936. The van der Waals surface area contributed by atoms with Crippen molar-refractivity contribution in [3.05, 3.63) is 66.5 Å². The third-order valence-corrected chi connectivity index (χ3v) is 5.32. The van der Waals surface area contributed by atoms with Gasteiger partial charge in [0.15, 0.2) is 6.10 Å². The van der Waals surface area contributed by atoms with Crippen molar-refractivity contribution in [3.63, 3.8) is 0 Å². The molecule has 0 radical (unpaired) electrons. The van der Waals surface area contributed by atoms with Crippen LogP contribution in [0, 0.1) is 0 Å². The SMILES string of the molecule is CCCOC(Cc1ccc(OCCCn2c3cccnc3c3ncccc32)cc1)C(=O)O. The Morgan fingerprint density at radius 2 is 1.66 bits per heavy atom. The Hall–Kier alpha value is -3.45. The highest BCUT2D eigenvalue weighted by atomic mass is 16.5. The molecular weight excluding hydrogens is 406 g/mol. The Labute approximate surface area is 186 Å². The largest absolute Gasteiger partial charge is 0.494 e. The summed E-state index contributed by atoms with van der Waals surface area (Å²) in [6.07, 6.45) is 4.72. The second kappa shape index (κ2) is 10.2. The van der Waals surface area contributed by atoms with Crippen molar-refractivity contribution in [2.24, 2.45) is 0 Å². The molecule has 0 fully saturated rings. The maximum atomic E-state index is 11.4. The predicted octanol–water partition coefficient (Wildman–Crippen LogP) is 4.48. The van der Waals surface area contributed by atoms with Crippen molar-refractivity contribution in [1.82, 2.24) is 14.5 Å². The van der Waals surface area contributed by atoms with Crippen LogP contribution in [0.3, 0.4) is 0 Å². The average Bonchev–Trinajstić information content (AvgIpc) is 3.14. The lowest BCUT2D eigenvalue weighted by molar-refractivity contribution is -0.150. The summed E-state index contributed by atoms with van der Waals surface area (Å²) >= 11 is 0. The van der Waals surface area contributed by atoms with Crippen LogP contribution in [-0.4, -0.2) is 44.9 Å². The van der Waals surface area contributed by atoms with Gasteiger partial charge in [-0.05, 0) is 54.8 Å². The van der Waals surface area contributed by atoms with Crippen LogP contribution in [0.25, 0.3) is 22.1 Å². The number of nitrogens with zero attached hydrogens (tertiary/aromatic N) is 3. The summed E-state index contributed by atoms with van der Waals surface area (Å²) in [6.45, 7) is 3.76. The molecule has 0 aliphatic heterocycles. The molecule has 1 aromatic carbocycles. The summed E-state index contributed by atoms with van der Waals surface area (Å²) in [5.41, 5.74) is 4.89. The van der Waals surface area contributed by atoms with E-state index >= 15 is 0 Å². The first-order valence-electron chi connectivity index (χ1n) is 10.9. The number of fused-ring (bicyclic) bond motifs is 3. The number of aryl methyl sites for hydroxylation is 1. The third-order valence-electron chi connectivity index (χ3n) is 5.32. The number of carbonyl (C=O) groups is 1. The number of rotatable bonds is 11. The molecule has 0 aliphatic rings. The number of hydrogen-bond donors (Lipinski definition) is 1. The molecule has 0 saturated heterocycles. The van der Waals surface area contributed by atoms with Crippen molar-refractivity contribution >= 4 is 28.0 Å². The lowest BCUT2D eigenvalue weighted by Gasteiger charge is -2.14. The number of ether oxygens (including phenoxy) is 2. The predicted molar refractivity (Wildman–Crippen MR) is 123 cm³/mol. The van der Waals surface area contributed by atoms with Crippen LogP contribution < -0.4 is 4.74 Å². The first-order valence-corrected chi connectivity index (χ1v) is 10.9. The molecule has 3 aromatic heterocycles. The van der Waals surface area contributed by atoms with E-state index in [1.54, 1.807) is 12.4 Å². The molecule has 3 heterocycles. The highest BCUT2D eigenvalue weighted by Gasteiger charge is 2.18. The maximum Gasteiger partial charge on any atom is 0.333 e. The first kappa shape index (κ1) is 21.8. The van der Waals surface area contributed by atoms with Crippen molar-refractivity contribution in [2.45, 2.75) is 38.8 Å². The molecule has 4 rings (SSSR count). The van der Waals surface area contributed by atoms with Gasteiger partial charge in [0.1, 0.15) is 16.8 Å². The Bertz CT molecular complexity index is 1130. The van der Waals surface area contributed by atoms with Crippen molar-refractivity contribution < 1.29 is 19.4 Å². The molecule has 4 aromatic rings. The fraction of sp³-hybridized carbons (Fsp3) is 0.320. The molecular formula is C25H27N3O4. The number of carboxylic acid groups (broad SMARTS) is 1. The summed E-state index contributed by atoms with van der Waals surface area (Å²) in [6, 6.07) is 15.6. The van der Waals surface area contributed by atoms with E-state index in [0.29, 0.717) is 19.6 Å². The molecule has 1 N–H and O–H groups in total. The van der Waals surface area contributed by atoms with Gasteiger partial charge >= 0.3 is 5.97 Å². The van der Waals surface area contributed by atoms with E-state index in [-0.39, 0.29) is 0 Å². The molecule has 32 heavy (non-hydrogen) atoms. The second-order valence-electron chi connectivity index (χ2n) is 7.64. The van der Waals surface area contributed by atoms with E-state index in [1.807, 2.05) is 43.3 Å². The zero-order valence-electron chi connectivity index (χ0n) is 18.1. The van der Waals surface area contributed by atoms with Crippen LogP contribution in [0.15, 0.2) is 60.9 Å². The molecule has 0 bridgehead atoms. The summed E-state index contributed by atoms with van der Waals surface area (Å²) in [7, 11) is 0. The van der Waals surface area contributed by atoms with Gasteiger partial charge in [-0.2, -0.15) is 0 Å². The standard InChI is InChI=1S/C25H27N3O4/c1-2-15-32-22(25(29)30)17-18-8-10-19(11-9-18)31-16-5-14-28-20-6-3-12-26-23(20)24-21(28)7-4-13-27-24/h3-4,6-13,22H,2,5,14-17H2,1H3,(H,29,30). The van der Waals surface area contributed by atoms with E-state index in [1.165, 1.54) is 0 Å². The lowest BCUT2D eigenvalue weighted by Crippen LogP contribution is -2.26. The van der Waals surface area contributed by atoms with Crippen LogP contribution in [-0.2, 0) is 22.5 Å². The Morgan fingerprint density at radius 3 is 2.25 bits per heavy atom. The molecule has 1 unspecified atom stereocenters. The van der Waals surface area contributed by atoms with E-state index in [9.17, 15) is 9.90 Å². The molecule has 0 aliphatic carbocycles. The number of carboxylic acids is 1. The van der Waals surface area contributed by atoms with Crippen molar-refractivity contribution in [3.8, 4) is 5.75 Å². The molecule has 166 valence electrons. The Morgan fingerprint density at radius 1 is 1.00 bits per heavy atom. The van der Waals surface area contributed by atoms with Gasteiger partial charge in [-0.1, -0.05) is 19.1 Å². The van der Waals surface area contributed by atoms with Gasteiger partial charge in [-0.25, -0.2) is 4.79 Å². The molecule has 7 nitrogen and oxygen atoms in total. The Kier molecular flexibility index (Phi) is 6.97. The smallest absolute Gasteiger partial charge is 0.333 e. The van der Waals surface area contributed by atoms with Gasteiger partial charge in [0, 0.05) is 32.0 Å². The summed E-state index contributed by atoms with van der Waals surface area (Å²) in [5, 5.41) is 9.31. The highest BCUT2D eigenvalue weighted by Crippen LogP contribution is 2.25. The van der Waals surface area contributed by atoms with Crippen LogP contribution in [0.1, 0.15) is 25.3 Å². The van der Waals surface area contributed by atoms with Gasteiger partial charge < -0.3 is 19.1 Å². The van der Waals surface area contributed by atoms with Crippen LogP contribution in [0.2, 0.25) is 0 Å². The zero-order chi connectivity index (χ0) is 22.3. The summed E-state index contributed by atoms with van der Waals surface area (Å²) in [4.78, 5) is 20.4. The quantitative estimate of drug-likeness (QED) is 0.351. The topological polar surface area (TPSA) is 86.5 Å². The highest BCUT2D eigenvalue weighted by molar-refractivity contribution is 6.02. The molecule has 7 heteroatoms. The molecule has 1 atom stereocenters. The summed E-state index contributed by atoms with van der Waals surface area (Å²) in [5.74, 6) is -0.171. The number of pyridine rings is 2. The van der Waals surface area contributed by atoms with Gasteiger partial charge in [-0.15, -0.1) is 0 Å². The van der Waals surface area contributed by atoms with Gasteiger partial charge in [-0.3, -0.25) is 9.97 Å². The monoisotopic (exact) mass is 433 g/mol. The minimum Gasteiger partial charge on any atom is -0.494 e. The Balaban J connectivity index is 1.34. The van der Waals surface area contributed by atoms with Crippen molar-refractivity contribution in [1.29, 1.82) is 0 Å². The molecule has 0 amide bonds. The fourth-order valence-electron chi connectivity index (χ4n) is 3.79. The molecule has 0 saturated carbocycles. The lowest BCUT2D eigenvalue weighted by atomic mass is 10.1. The number of aliphatic carboxylic acids is 1. The maximum absolute atomic E-state index is 11.4. The minimum absolute atomic E-state index is 0.339. The van der Waals surface area contributed by atoms with Gasteiger partial charge in [0.25, 0.3) is 0 Å². The third kappa shape index (κ3) is 4.89. The van der Waals surface area contributed by atoms with Crippen LogP contribution in [0.5, 0.6) is 5.75 Å². The zero-order valence-corrected chi connectivity index (χ0v) is 18.1. The fourth-order valence-corrected chi connectivity index (χ4v) is 3.79. The average molecular weight is 434 g/mol. The van der Waals surface area contributed by atoms with Gasteiger partial charge in [0.2, 0.25) is 0 Å². The summed E-state index contributed by atoms with van der Waals surface area (Å²) < 4.78 is 13.6. The van der Waals surface area contributed by atoms with Crippen LogP contribution >= 0.6 is 0 Å². The number of hydrogen-bond acceptors (Lipinski definition) is 5. The van der Waals surface area contributed by atoms with E-state index < -0.39 is 12.1 Å². The second-order valence-corrected chi connectivity index (χ2v) is 7.64. The van der Waals surface area contributed by atoms with E-state index in [2.05, 4.69) is 26.7 Å². The molecule has 0 spiro atoms. The van der Waals surface area contributed by atoms with E-state index in [4.69, 9.17) is 9.47 Å².